The van der Waals surface area contributed by atoms with Crippen LogP contribution in [0.1, 0.15) is 41.9 Å². The Bertz CT molecular complexity index is 698. The van der Waals surface area contributed by atoms with Crippen molar-refractivity contribution in [3.63, 3.8) is 0 Å². The number of aliphatic hydroxyl groups excluding tert-OH is 2. The fourth-order valence-corrected chi connectivity index (χ4v) is 5.66. The molecule has 1 unspecified atom stereocenters. The molecule has 2 rings (SSSR count). The van der Waals surface area contributed by atoms with E-state index in [0.29, 0.717) is 25.6 Å². The number of allylic oxidation sites excluding steroid dienone is 3. The average Bonchev–Trinajstić information content (AvgIpc) is 3.14. The molecule has 0 bridgehead atoms. The monoisotopic (exact) mass is 480 g/mol. The second kappa shape index (κ2) is 12.1. The van der Waals surface area contributed by atoms with E-state index in [1.807, 2.05) is 31.2 Å². The van der Waals surface area contributed by atoms with Crippen LogP contribution >= 0.6 is 27.3 Å². The third-order valence-corrected chi connectivity index (χ3v) is 7.75. The van der Waals surface area contributed by atoms with Gasteiger partial charge >= 0.3 is 5.97 Å². The summed E-state index contributed by atoms with van der Waals surface area (Å²) in [6, 6.07) is 2.05. The summed E-state index contributed by atoms with van der Waals surface area (Å²) in [7, 11) is 5.94. The minimum atomic E-state index is -0.774. The number of thiophene rings is 1. The van der Waals surface area contributed by atoms with Crippen molar-refractivity contribution in [1.29, 1.82) is 0 Å². The molecule has 0 amide bonds. The van der Waals surface area contributed by atoms with E-state index in [2.05, 4.69) is 22.0 Å². The molecule has 29 heavy (non-hydrogen) atoms. The molecule has 1 aliphatic rings. The lowest BCUT2D eigenvalue weighted by molar-refractivity contribution is -0.137. The molecule has 1 aromatic heterocycles. The second-order valence-electron chi connectivity index (χ2n) is 7.81. The van der Waals surface area contributed by atoms with Gasteiger partial charge in [0.05, 0.1) is 20.1 Å². The largest absolute Gasteiger partial charge is 0.481 e. The maximum Gasteiger partial charge on any atom is 0.303 e. The standard InChI is InChI=1S/C22H30BBrO4S/c1-14-20(24)12-17(29-14)11-16(25)8-9-18-15(13-23)10-21(26)19(18)6-4-2-3-5-7-22(27)28/h2,4,8-9,12,15-16,18-19,21,25-26H,3,5-7,10-11,13H2,1H3,(H,27,28)/t15-,16+,18-,19+,21?/m0/s1. The van der Waals surface area contributed by atoms with Gasteiger partial charge in [-0.05, 0) is 72.4 Å². The van der Waals surface area contributed by atoms with Crippen LogP contribution in [0.15, 0.2) is 34.8 Å². The molecule has 1 aromatic rings. The van der Waals surface area contributed by atoms with Gasteiger partial charge in [0.25, 0.3) is 0 Å². The molecule has 158 valence electrons. The fourth-order valence-electron chi connectivity index (χ4n) is 4.01. The first-order valence-electron chi connectivity index (χ1n) is 10.2. The Morgan fingerprint density at radius 2 is 2.21 bits per heavy atom. The van der Waals surface area contributed by atoms with Crippen LogP contribution in [0.4, 0.5) is 0 Å². The lowest BCUT2D eigenvalue weighted by Gasteiger charge is -2.21. The molecular weight excluding hydrogens is 451 g/mol. The van der Waals surface area contributed by atoms with Crippen molar-refractivity contribution in [2.75, 3.05) is 0 Å². The van der Waals surface area contributed by atoms with E-state index >= 15 is 0 Å². The molecule has 3 N–H and O–H groups in total. The molecule has 0 aliphatic heterocycles. The summed E-state index contributed by atoms with van der Waals surface area (Å²) in [5.74, 6) is -0.368. The number of carbonyl (C=O) groups is 1. The zero-order chi connectivity index (χ0) is 21.4. The van der Waals surface area contributed by atoms with Gasteiger partial charge in [-0.25, -0.2) is 0 Å². The zero-order valence-corrected chi connectivity index (χ0v) is 19.2. The number of unbranched alkanes of at least 4 members (excludes halogenated alkanes) is 1. The molecule has 1 aliphatic carbocycles. The Hall–Kier alpha value is -0.885. The lowest BCUT2D eigenvalue weighted by atomic mass is 9.80. The quantitative estimate of drug-likeness (QED) is 0.244. The molecule has 1 heterocycles. The SMILES string of the molecule is [B]C[C@@H]1CC(O)[C@H](CC=CCCCC(=O)O)[C@H]1C=C[C@@H](O)Cc1cc(Br)c(C)s1. The highest BCUT2D eigenvalue weighted by Gasteiger charge is 2.39. The van der Waals surface area contributed by atoms with Gasteiger partial charge in [-0.15, -0.1) is 11.3 Å². The number of aryl methyl sites for hydroxylation is 1. The van der Waals surface area contributed by atoms with Gasteiger partial charge in [-0.1, -0.05) is 30.6 Å². The van der Waals surface area contributed by atoms with Gasteiger partial charge < -0.3 is 15.3 Å². The van der Waals surface area contributed by atoms with Gasteiger partial charge in [-0.2, -0.15) is 0 Å². The highest BCUT2D eigenvalue weighted by atomic mass is 79.9. The highest BCUT2D eigenvalue weighted by Crippen LogP contribution is 2.42. The van der Waals surface area contributed by atoms with Crippen LogP contribution in [-0.4, -0.2) is 41.3 Å². The van der Waals surface area contributed by atoms with Gasteiger partial charge in [0.1, 0.15) is 0 Å². The Kier molecular flexibility index (Phi) is 10.2. The van der Waals surface area contributed by atoms with Crippen molar-refractivity contribution in [2.45, 2.75) is 64.0 Å². The Morgan fingerprint density at radius 1 is 1.45 bits per heavy atom. The number of hydrogen-bond donors (Lipinski definition) is 3. The predicted molar refractivity (Wildman–Crippen MR) is 123 cm³/mol. The van der Waals surface area contributed by atoms with Crippen molar-refractivity contribution in [3.05, 3.63) is 44.6 Å². The van der Waals surface area contributed by atoms with Crippen molar-refractivity contribution < 1.29 is 20.1 Å². The molecule has 1 fully saturated rings. The normalized spacial score (nSPS) is 25.9. The van der Waals surface area contributed by atoms with Gasteiger partial charge in [0.15, 0.2) is 0 Å². The fraction of sp³-hybridized carbons (Fsp3) is 0.591. The molecule has 0 aromatic carbocycles. The molecule has 4 nitrogen and oxygen atoms in total. The van der Waals surface area contributed by atoms with Gasteiger partial charge in [0, 0.05) is 27.1 Å². The Labute approximate surface area is 187 Å². The molecular formula is C22H30BBrO4S. The smallest absolute Gasteiger partial charge is 0.303 e. The number of aliphatic carboxylic acids is 1. The van der Waals surface area contributed by atoms with Crippen LogP contribution in [0, 0.1) is 24.7 Å². The number of carboxylic acids is 1. The Balaban J connectivity index is 1.93. The van der Waals surface area contributed by atoms with Crippen LogP contribution in [0.5, 0.6) is 0 Å². The summed E-state index contributed by atoms with van der Waals surface area (Å²) in [6.45, 7) is 2.05. The van der Waals surface area contributed by atoms with Crippen LogP contribution in [0.3, 0.4) is 0 Å². The lowest BCUT2D eigenvalue weighted by Crippen LogP contribution is -2.19. The number of halogens is 1. The summed E-state index contributed by atoms with van der Waals surface area (Å²) in [5, 5.41) is 29.6. The van der Waals surface area contributed by atoms with Gasteiger partial charge in [-0.3, -0.25) is 4.79 Å². The molecule has 0 saturated heterocycles. The van der Waals surface area contributed by atoms with Crippen molar-refractivity contribution >= 4 is 41.1 Å². The average molecular weight is 481 g/mol. The third-order valence-electron chi connectivity index (χ3n) is 5.59. The van der Waals surface area contributed by atoms with E-state index in [9.17, 15) is 15.0 Å². The van der Waals surface area contributed by atoms with Gasteiger partial charge in [0.2, 0.25) is 0 Å². The van der Waals surface area contributed by atoms with E-state index in [-0.39, 0.29) is 24.2 Å². The number of hydrogen-bond acceptors (Lipinski definition) is 4. The van der Waals surface area contributed by atoms with Crippen LogP contribution < -0.4 is 0 Å². The topological polar surface area (TPSA) is 77.8 Å². The van der Waals surface area contributed by atoms with Crippen LogP contribution in [-0.2, 0) is 11.2 Å². The summed E-state index contributed by atoms with van der Waals surface area (Å²) in [6.07, 6.45) is 11.0. The summed E-state index contributed by atoms with van der Waals surface area (Å²) < 4.78 is 1.07. The summed E-state index contributed by atoms with van der Waals surface area (Å²) in [4.78, 5) is 12.9. The van der Waals surface area contributed by atoms with E-state index in [0.717, 1.165) is 22.2 Å². The van der Waals surface area contributed by atoms with E-state index in [4.69, 9.17) is 13.0 Å². The van der Waals surface area contributed by atoms with E-state index < -0.39 is 18.2 Å². The summed E-state index contributed by atoms with van der Waals surface area (Å²) >= 11 is 5.19. The second-order valence-corrected chi connectivity index (χ2v) is 10.0. The minimum Gasteiger partial charge on any atom is -0.481 e. The van der Waals surface area contributed by atoms with Crippen molar-refractivity contribution in [2.24, 2.45) is 17.8 Å². The first-order chi connectivity index (χ1) is 13.8. The third kappa shape index (κ3) is 7.70. The van der Waals surface area contributed by atoms with E-state index in [1.54, 1.807) is 11.3 Å². The maximum absolute atomic E-state index is 10.6. The number of rotatable bonds is 11. The van der Waals surface area contributed by atoms with E-state index in [1.165, 1.54) is 4.88 Å². The first-order valence-corrected chi connectivity index (χ1v) is 11.8. The molecule has 0 spiro atoms. The zero-order valence-electron chi connectivity index (χ0n) is 16.8. The van der Waals surface area contributed by atoms with Crippen LogP contribution in [0.25, 0.3) is 0 Å². The molecule has 1 saturated carbocycles. The molecule has 7 heteroatoms. The molecule has 5 atom stereocenters. The predicted octanol–water partition coefficient (Wildman–Crippen LogP) is 4.68. The number of carboxylic acid groups (broad SMARTS) is 1. The minimum absolute atomic E-state index is 0.0702. The highest BCUT2D eigenvalue weighted by molar-refractivity contribution is 9.10. The number of aliphatic hydroxyl groups is 2. The Morgan fingerprint density at radius 3 is 2.83 bits per heavy atom. The molecule has 2 radical (unpaired) electrons. The first kappa shape index (κ1) is 24.4. The van der Waals surface area contributed by atoms with Crippen LogP contribution in [0.2, 0.25) is 6.32 Å². The van der Waals surface area contributed by atoms with Crippen molar-refractivity contribution in [3.8, 4) is 0 Å². The summed E-state index contributed by atoms with van der Waals surface area (Å²) in [5.41, 5.74) is 0. The van der Waals surface area contributed by atoms with Crippen molar-refractivity contribution in [1.82, 2.24) is 0 Å². The maximum atomic E-state index is 10.6.